The van der Waals surface area contributed by atoms with E-state index < -0.39 is 0 Å². The van der Waals surface area contributed by atoms with Gasteiger partial charge in [0, 0.05) is 11.8 Å². The van der Waals surface area contributed by atoms with Crippen LogP contribution in [0, 0.1) is 0 Å². The van der Waals surface area contributed by atoms with E-state index in [0.717, 1.165) is 0 Å². The Balaban J connectivity index is 2.75. The highest BCUT2D eigenvalue weighted by Gasteiger charge is 2.03. The molecule has 0 aromatic carbocycles. The molecule has 0 bridgehead atoms. The summed E-state index contributed by atoms with van der Waals surface area (Å²) < 4.78 is 0. The second kappa shape index (κ2) is 4.18. The Morgan fingerprint density at radius 1 is 1.67 bits per heavy atom. The molecule has 0 saturated heterocycles. The van der Waals surface area contributed by atoms with E-state index in [1.54, 1.807) is 19.2 Å². The van der Waals surface area contributed by atoms with Crippen molar-refractivity contribution < 1.29 is 4.79 Å². The van der Waals surface area contributed by atoms with Crippen LogP contribution in [0.15, 0.2) is 18.3 Å². The average Bonchev–Trinajstić information content (AvgIpc) is 2.06. The summed E-state index contributed by atoms with van der Waals surface area (Å²) in [5, 5.41) is 3.17. The fraction of sp³-hybridized carbons (Fsp3) is 0.250. The molecule has 0 amide bonds. The van der Waals surface area contributed by atoms with Gasteiger partial charge in [-0.2, -0.15) is 0 Å². The van der Waals surface area contributed by atoms with Gasteiger partial charge in [-0.1, -0.05) is 11.6 Å². The second-order valence-electron chi connectivity index (χ2n) is 2.32. The minimum absolute atomic E-state index is 0.0154. The highest BCUT2D eigenvalue weighted by atomic mass is 35.5. The van der Waals surface area contributed by atoms with Crippen LogP contribution in [0.3, 0.4) is 0 Å². The fourth-order valence-electron chi connectivity index (χ4n) is 0.803. The molecule has 0 spiro atoms. The molecule has 0 aliphatic heterocycles. The van der Waals surface area contributed by atoms with Crippen LogP contribution in [0.4, 0.5) is 0 Å². The van der Waals surface area contributed by atoms with Gasteiger partial charge in [-0.25, -0.2) is 4.98 Å². The SMILES string of the molecule is CNCC(=O)c1ccc(Cl)nc1. The first-order valence-corrected chi connectivity index (χ1v) is 3.91. The van der Waals surface area contributed by atoms with Crippen molar-refractivity contribution in [1.82, 2.24) is 10.3 Å². The van der Waals surface area contributed by atoms with Crippen molar-refractivity contribution in [2.24, 2.45) is 0 Å². The number of Topliss-reactive ketones (excluding diaryl/α,β-unsaturated/α-hetero) is 1. The Labute approximate surface area is 75.8 Å². The molecule has 0 radical (unpaired) electrons. The Morgan fingerprint density at radius 3 is 2.92 bits per heavy atom. The van der Waals surface area contributed by atoms with Crippen LogP contribution in [0.25, 0.3) is 0 Å². The first kappa shape index (κ1) is 9.16. The zero-order valence-electron chi connectivity index (χ0n) is 6.67. The van der Waals surface area contributed by atoms with Gasteiger partial charge in [0.15, 0.2) is 5.78 Å². The maximum absolute atomic E-state index is 11.2. The van der Waals surface area contributed by atoms with Crippen LogP contribution in [0.5, 0.6) is 0 Å². The normalized spacial score (nSPS) is 9.83. The van der Waals surface area contributed by atoms with Crippen molar-refractivity contribution in [1.29, 1.82) is 0 Å². The van der Waals surface area contributed by atoms with E-state index in [-0.39, 0.29) is 5.78 Å². The zero-order valence-corrected chi connectivity index (χ0v) is 7.43. The lowest BCUT2D eigenvalue weighted by Crippen LogP contribution is -2.18. The maximum Gasteiger partial charge on any atom is 0.178 e. The molecule has 4 heteroatoms. The number of nitrogens with one attached hydrogen (secondary N) is 1. The van der Waals surface area contributed by atoms with Crippen molar-refractivity contribution in [3.63, 3.8) is 0 Å². The van der Waals surface area contributed by atoms with Crippen LogP contribution < -0.4 is 5.32 Å². The number of nitrogens with zero attached hydrogens (tertiary/aromatic N) is 1. The molecule has 3 nitrogen and oxygen atoms in total. The lowest BCUT2D eigenvalue weighted by molar-refractivity contribution is 0.0993. The summed E-state index contributed by atoms with van der Waals surface area (Å²) in [6.07, 6.45) is 1.47. The Bertz CT molecular complexity index is 271. The summed E-state index contributed by atoms with van der Waals surface area (Å²) in [6.45, 7) is 0.323. The average molecular weight is 185 g/mol. The second-order valence-corrected chi connectivity index (χ2v) is 2.71. The van der Waals surface area contributed by atoms with E-state index in [2.05, 4.69) is 10.3 Å². The van der Waals surface area contributed by atoms with Gasteiger partial charge in [0.1, 0.15) is 5.15 Å². The fourth-order valence-corrected chi connectivity index (χ4v) is 0.915. The highest BCUT2D eigenvalue weighted by Crippen LogP contribution is 2.05. The molecule has 1 rings (SSSR count). The van der Waals surface area contributed by atoms with Gasteiger partial charge in [-0.15, -0.1) is 0 Å². The predicted molar refractivity (Wildman–Crippen MR) is 47.5 cm³/mol. The van der Waals surface area contributed by atoms with E-state index in [4.69, 9.17) is 11.6 Å². The molecule has 1 aromatic rings. The summed E-state index contributed by atoms with van der Waals surface area (Å²) in [5.41, 5.74) is 0.578. The summed E-state index contributed by atoms with van der Waals surface area (Å²) in [7, 11) is 1.72. The molecular weight excluding hydrogens is 176 g/mol. The van der Waals surface area contributed by atoms with Gasteiger partial charge in [0.05, 0.1) is 6.54 Å². The van der Waals surface area contributed by atoms with Crippen LogP contribution in [0.1, 0.15) is 10.4 Å². The van der Waals surface area contributed by atoms with Crippen molar-refractivity contribution in [2.45, 2.75) is 0 Å². The first-order valence-electron chi connectivity index (χ1n) is 3.53. The number of hydrogen-bond donors (Lipinski definition) is 1. The van der Waals surface area contributed by atoms with Crippen LogP contribution in [-0.4, -0.2) is 24.4 Å². The van der Waals surface area contributed by atoms with Gasteiger partial charge in [-0.3, -0.25) is 4.79 Å². The Hall–Kier alpha value is -0.930. The summed E-state index contributed by atoms with van der Waals surface area (Å²) in [6, 6.07) is 3.26. The summed E-state index contributed by atoms with van der Waals surface area (Å²) in [4.78, 5) is 15.0. The van der Waals surface area contributed by atoms with E-state index >= 15 is 0 Å². The largest absolute Gasteiger partial charge is 0.313 e. The van der Waals surface area contributed by atoms with Crippen LogP contribution in [0.2, 0.25) is 5.15 Å². The summed E-state index contributed by atoms with van der Waals surface area (Å²) in [5.74, 6) is 0.0154. The number of halogens is 1. The van der Waals surface area contributed by atoms with Crippen LogP contribution >= 0.6 is 11.6 Å². The third kappa shape index (κ3) is 2.29. The number of carbonyl (C=O) groups excluding carboxylic acids is 1. The van der Waals surface area contributed by atoms with Crippen molar-refractivity contribution >= 4 is 17.4 Å². The van der Waals surface area contributed by atoms with Gasteiger partial charge in [0.2, 0.25) is 0 Å². The third-order valence-electron chi connectivity index (χ3n) is 1.39. The number of aromatic nitrogens is 1. The van der Waals surface area contributed by atoms with Crippen molar-refractivity contribution in [2.75, 3.05) is 13.6 Å². The Morgan fingerprint density at radius 2 is 2.42 bits per heavy atom. The third-order valence-corrected chi connectivity index (χ3v) is 1.61. The van der Waals surface area contributed by atoms with E-state index in [1.807, 2.05) is 0 Å². The monoisotopic (exact) mass is 184 g/mol. The quantitative estimate of drug-likeness (QED) is 0.566. The molecule has 0 aliphatic carbocycles. The van der Waals surface area contributed by atoms with Gasteiger partial charge >= 0.3 is 0 Å². The number of hydrogen-bond acceptors (Lipinski definition) is 3. The molecular formula is C8H9ClN2O. The van der Waals surface area contributed by atoms with Crippen molar-refractivity contribution in [3.05, 3.63) is 29.0 Å². The molecule has 1 aromatic heterocycles. The molecule has 0 aliphatic rings. The van der Waals surface area contributed by atoms with E-state index in [0.29, 0.717) is 17.3 Å². The van der Waals surface area contributed by atoms with E-state index in [1.165, 1.54) is 6.20 Å². The van der Waals surface area contributed by atoms with Gasteiger partial charge in [0.25, 0.3) is 0 Å². The Kier molecular flexibility index (Phi) is 3.19. The number of ketones is 1. The smallest absolute Gasteiger partial charge is 0.178 e. The molecule has 0 atom stereocenters. The van der Waals surface area contributed by atoms with Gasteiger partial charge in [-0.05, 0) is 19.2 Å². The minimum Gasteiger partial charge on any atom is -0.313 e. The topological polar surface area (TPSA) is 42.0 Å². The first-order chi connectivity index (χ1) is 5.74. The number of rotatable bonds is 3. The number of pyridine rings is 1. The molecule has 0 saturated carbocycles. The van der Waals surface area contributed by atoms with Crippen LogP contribution in [-0.2, 0) is 0 Å². The lowest BCUT2D eigenvalue weighted by Gasteiger charge is -1.98. The van der Waals surface area contributed by atoms with Crippen molar-refractivity contribution in [3.8, 4) is 0 Å². The molecule has 0 fully saturated rings. The highest BCUT2D eigenvalue weighted by molar-refractivity contribution is 6.29. The lowest BCUT2D eigenvalue weighted by atomic mass is 10.2. The molecule has 1 N–H and O–H groups in total. The molecule has 64 valence electrons. The number of likely N-dealkylation sites (N-methyl/N-ethyl adjacent to an activating group) is 1. The van der Waals surface area contributed by atoms with Gasteiger partial charge < -0.3 is 5.32 Å². The minimum atomic E-state index is 0.0154. The zero-order chi connectivity index (χ0) is 8.97. The molecule has 0 unspecified atom stereocenters. The molecule has 1 heterocycles. The summed E-state index contributed by atoms with van der Waals surface area (Å²) >= 11 is 5.56. The predicted octanol–water partition coefficient (Wildman–Crippen LogP) is 1.14. The molecule has 12 heavy (non-hydrogen) atoms. The maximum atomic E-state index is 11.2. The number of carbonyl (C=O) groups is 1. The standard InChI is InChI=1S/C8H9ClN2O/c1-10-5-7(12)6-2-3-8(9)11-4-6/h2-4,10H,5H2,1H3. The van der Waals surface area contributed by atoms with E-state index in [9.17, 15) is 4.79 Å².